The summed E-state index contributed by atoms with van der Waals surface area (Å²) in [6.07, 6.45) is 11.2. The average Bonchev–Trinajstić information content (AvgIpc) is 3.62. The Morgan fingerprint density at radius 2 is 1.19 bits per heavy atom. The number of fused-ring (bicyclic) bond motifs is 5. The van der Waals surface area contributed by atoms with Gasteiger partial charge in [0.15, 0.2) is 0 Å². The molecule has 2 unspecified atom stereocenters. The van der Waals surface area contributed by atoms with Crippen molar-refractivity contribution in [3.63, 3.8) is 0 Å². The molecule has 1 aromatic heterocycles. The van der Waals surface area contributed by atoms with E-state index in [1.807, 2.05) is 0 Å². The lowest BCUT2D eigenvalue weighted by atomic mass is 9.84. The van der Waals surface area contributed by atoms with Gasteiger partial charge in [0.25, 0.3) is 0 Å². The second-order valence-electron chi connectivity index (χ2n) is 14.5. The molecule has 0 saturated heterocycles. The van der Waals surface area contributed by atoms with Gasteiger partial charge >= 0.3 is 0 Å². The molecule has 0 amide bonds. The maximum atomic E-state index is 6.88. The van der Waals surface area contributed by atoms with Gasteiger partial charge in [0.05, 0.1) is 0 Å². The number of rotatable bonds is 6. The maximum Gasteiger partial charge on any atom is 0.143 e. The van der Waals surface area contributed by atoms with Crippen LogP contribution in [0.2, 0.25) is 0 Å². The van der Waals surface area contributed by atoms with Gasteiger partial charge in [-0.25, -0.2) is 0 Å². The van der Waals surface area contributed by atoms with Crippen LogP contribution in [-0.2, 0) is 0 Å². The van der Waals surface area contributed by atoms with Gasteiger partial charge in [-0.15, -0.1) is 0 Å². The van der Waals surface area contributed by atoms with E-state index >= 15 is 0 Å². The summed E-state index contributed by atoms with van der Waals surface area (Å²) < 4.78 is 6.88. The fourth-order valence-electron chi connectivity index (χ4n) is 8.64. The summed E-state index contributed by atoms with van der Waals surface area (Å²) in [6.45, 7) is 2.34. The SMILES string of the molecule is CC1CC=C(N(C2=CC=CC(c3cccc4c3oc3c(-c5ccccc5)cccc34)C2)c2ccc(-c3cccc4ccccc34)cc2)c2ccccc21. The number of furan rings is 1. The predicted octanol–water partition coefficient (Wildman–Crippen LogP) is 14.1. The van der Waals surface area contributed by atoms with Crippen LogP contribution in [0.1, 0.15) is 48.3 Å². The third-order valence-electron chi connectivity index (χ3n) is 11.3. The van der Waals surface area contributed by atoms with Crippen LogP contribution < -0.4 is 4.90 Å². The van der Waals surface area contributed by atoms with Gasteiger partial charge in [-0.3, -0.25) is 0 Å². The molecule has 0 aliphatic heterocycles. The summed E-state index contributed by atoms with van der Waals surface area (Å²) in [5.41, 5.74) is 14.3. The number of para-hydroxylation sites is 2. The van der Waals surface area contributed by atoms with Gasteiger partial charge in [-0.05, 0) is 70.0 Å². The first-order valence-corrected chi connectivity index (χ1v) is 18.8. The summed E-state index contributed by atoms with van der Waals surface area (Å²) >= 11 is 0. The summed E-state index contributed by atoms with van der Waals surface area (Å²) in [5.74, 6) is 0.625. The zero-order valence-corrected chi connectivity index (χ0v) is 29.7. The van der Waals surface area contributed by atoms with E-state index in [0.717, 1.165) is 35.0 Å². The third-order valence-corrected chi connectivity index (χ3v) is 11.3. The lowest BCUT2D eigenvalue weighted by Crippen LogP contribution is -2.25. The van der Waals surface area contributed by atoms with E-state index in [2.05, 4.69) is 194 Å². The highest BCUT2D eigenvalue weighted by atomic mass is 16.3. The van der Waals surface area contributed by atoms with E-state index in [1.165, 1.54) is 66.6 Å². The Kier molecular flexibility index (Phi) is 7.69. The lowest BCUT2D eigenvalue weighted by Gasteiger charge is -2.36. The van der Waals surface area contributed by atoms with Crippen LogP contribution in [0, 0.1) is 0 Å². The van der Waals surface area contributed by atoms with E-state index in [-0.39, 0.29) is 5.92 Å². The van der Waals surface area contributed by atoms with Crippen molar-refractivity contribution in [1.29, 1.82) is 0 Å². The summed E-state index contributed by atoms with van der Waals surface area (Å²) in [6, 6.07) is 57.1. The molecule has 0 radical (unpaired) electrons. The van der Waals surface area contributed by atoms with Crippen LogP contribution in [-0.4, -0.2) is 0 Å². The van der Waals surface area contributed by atoms with Crippen molar-refractivity contribution < 1.29 is 4.42 Å². The van der Waals surface area contributed by atoms with E-state index in [4.69, 9.17) is 4.42 Å². The van der Waals surface area contributed by atoms with Gasteiger partial charge in [0, 0.05) is 50.5 Å². The number of allylic oxidation sites excluding steroid dienone is 5. The van der Waals surface area contributed by atoms with Gasteiger partial charge in [0.2, 0.25) is 0 Å². The zero-order chi connectivity index (χ0) is 35.3. The van der Waals surface area contributed by atoms with Crippen LogP contribution in [0.4, 0.5) is 5.69 Å². The van der Waals surface area contributed by atoms with Crippen LogP contribution in [0.15, 0.2) is 192 Å². The first-order chi connectivity index (χ1) is 26.2. The molecule has 2 aliphatic carbocycles. The molecule has 2 heteroatoms. The van der Waals surface area contributed by atoms with E-state index in [0.29, 0.717) is 5.92 Å². The molecule has 2 nitrogen and oxygen atoms in total. The molecule has 2 aliphatic rings. The standard InChI is InChI=1S/C51H39NO/c1-34-27-32-49(46-21-8-7-19-41(34)46)52(39-30-28-37(29-31-39)43-22-10-16-35-15-5-6-20-42(35)43)40-18-9-17-38(33-40)45-24-12-26-48-47-25-11-23-44(50(47)53-51(45)48)36-13-3-2-4-14-36/h2-26,28-32,34,38H,27,33H2,1H3. The highest BCUT2D eigenvalue weighted by Gasteiger charge is 2.29. The number of hydrogen-bond acceptors (Lipinski definition) is 2. The van der Waals surface area contributed by atoms with Gasteiger partial charge in [-0.2, -0.15) is 0 Å². The van der Waals surface area contributed by atoms with E-state index in [1.54, 1.807) is 0 Å². The van der Waals surface area contributed by atoms with Crippen molar-refractivity contribution in [2.24, 2.45) is 0 Å². The smallest absolute Gasteiger partial charge is 0.143 e. The van der Waals surface area contributed by atoms with Gasteiger partial charge in [-0.1, -0.05) is 171 Å². The summed E-state index contributed by atoms with van der Waals surface area (Å²) in [5, 5.41) is 4.86. The van der Waals surface area contributed by atoms with Crippen molar-refractivity contribution in [1.82, 2.24) is 0 Å². The largest absolute Gasteiger partial charge is 0.455 e. The Balaban J connectivity index is 1.06. The topological polar surface area (TPSA) is 16.4 Å². The Morgan fingerprint density at radius 1 is 0.547 bits per heavy atom. The van der Waals surface area contributed by atoms with E-state index in [9.17, 15) is 0 Å². The van der Waals surface area contributed by atoms with Crippen molar-refractivity contribution in [2.45, 2.75) is 31.6 Å². The second-order valence-corrected chi connectivity index (χ2v) is 14.5. The summed E-state index contributed by atoms with van der Waals surface area (Å²) in [4.78, 5) is 2.51. The molecular formula is C51H39NO. The molecule has 0 saturated carbocycles. The molecule has 0 fully saturated rings. The first kappa shape index (κ1) is 31.4. The Bertz CT molecular complexity index is 2740. The number of benzene rings is 7. The molecule has 0 N–H and O–H groups in total. The van der Waals surface area contributed by atoms with Crippen LogP contribution in [0.25, 0.3) is 60.7 Å². The molecule has 0 spiro atoms. The fraction of sp³-hybridized carbons (Fsp3) is 0.0980. The molecular weight excluding hydrogens is 643 g/mol. The molecule has 7 aromatic carbocycles. The normalized spacial score (nSPS) is 16.8. The van der Waals surface area contributed by atoms with Crippen molar-refractivity contribution in [2.75, 3.05) is 4.90 Å². The monoisotopic (exact) mass is 681 g/mol. The highest BCUT2D eigenvalue weighted by molar-refractivity contribution is 6.10. The Hall–Kier alpha value is -6.38. The highest BCUT2D eigenvalue weighted by Crippen LogP contribution is 2.45. The van der Waals surface area contributed by atoms with Gasteiger partial charge in [0.1, 0.15) is 11.2 Å². The quantitative estimate of drug-likeness (QED) is 0.174. The second kappa shape index (κ2) is 13.0. The lowest BCUT2D eigenvalue weighted by molar-refractivity contribution is 0.656. The van der Waals surface area contributed by atoms with E-state index < -0.39 is 0 Å². The number of nitrogens with zero attached hydrogens (tertiary/aromatic N) is 1. The molecule has 8 aromatic rings. The molecule has 10 rings (SSSR count). The molecule has 53 heavy (non-hydrogen) atoms. The van der Waals surface area contributed by atoms with Crippen LogP contribution >= 0.6 is 0 Å². The number of anilines is 1. The first-order valence-electron chi connectivity index (χ1n) is 18.8. The fourth-order valence-corrected chi connectivity index (χ4v) is 8.64. The molecule has 0 bridgehead atoms. The zero-order valence-electron chi connectivity index (χ0n) is 29.7. The Morgan fingerprint density at radius 3 is 2.08 bits per heavy atom. The van der Waals surface area contributed by atoms with Crippen LogP contribution in [0.5, 0.6) is 0 Å². The van der Waals surface area contributed by atoms with Crippen molar-refractivity contribution in [3.05, 3.63) is 204 Å². The third kappa shape index (κ3) is 5.41. The number of hydrogen-bond donors (Lipinski definition) is 0. The van der Waals surface area contributed by atoms with Crippen molar-refractivity contribution >= 4 is 44.1 Å². The molecule has 2 atom stereocenters. The Labute approximate surface area is 310 Å². The minimum absolute atomic E-state index is 0.148. The summed E-state index contributed by atoms with van der Waals surface area (Å²) in [7, 11) is 0. The molecule has 1 heterocycles. The van der Waals surface area contributed by atoms with Gasteiger partial charge < -0.3 is 9.32 Å². The average molecular weight is 682 g/mol. The minimum Gasteiger partial charge on any atom is -0.455 e. The molecule has 254 valence electrons. The predicted molar refractivity (Wildman–Crippen MR) is 223 cm³/mol. The van der Waals surface area contributed by atoms with Crippen molar-refractivity contribution in [3.8, 4) is 22.3 Å². The maximum absolute atomic E-state index is 6.88. The van der Waals surface area contributed by atoms with Crippen LogP contribution in [0.3, 0.4) is 0 Å². The minimum atomic E-state index is 0.148.